The fourth-order valence-corrected chi connectivity index (χ4v) is 4.15. The summed E-state index contributed by atoms with van der Waals surface area (Å²) in [5.41, 5.74) is 1.53. The number of ether oxygens (including phenoxy) is 1. The van der Waals surface area contributed by atoms with E-state index >= 15 is 0 Å². The third-order valence-electron chi connectivity index (χ3n) is 5.57. The molecular formula is C20H30N4O3. The monoisotopic (exact) mass is 374 g/mol. The number of benzene rings is 1. The van der Waals surface area contributed by atoms with Crippen molar-refractivity contribution in [1.29, 1.82) is 0 Å². The van der Waals surface area contributed by atoms with Crippen LogP contribution in [0.15, 0.2) is 24.3 Å². The maximum Gasteiger partial charge on any atom is 0.321 e. The van der Waals surface area contributed by atoms with Crippen molar-refractivity contribution in [2.24, 2.45) is 5.41 Å². The maximum absolute atomic E-state index is 12.7. The van der Waals surface area contributed by atoms with Crippen molar-refractivity contribution in [3.8, 4) is 0 Å². The third kappa shape index (κ3) is 4.99. The number of nitrogens with zero attached hydrogens (tertiary/aromatic N) is 2. The van der Waals surface area contributed by atoms with Crippen molar-refractivity contribution in [2.75, 3.05) is 58.8 Å². The van der Waals surface area contributed by atoms with E-state index in [-0.39, 0.29) is 17.4 Å². The first-order chi connectivity index (χ1) is 13.0. The van der Waals surface area contributed by atoms with E-state index in [1.165, 1.54) is 12.8 Å². The molecule has 27 heavy (non-hydrogen) atoms. The highest BCUT2D eigenvalue weighted by molar-refractivity contribution is 5.95. The molecule has 0 aromatic heterocycles. The molecule has 148 valence electrons. The van der Waals surface area contributed by atoms with Crippen LogP contribution in [-0.4, -0.2) is 75.2 Å². The average molecular weight is 374 g/mol. The van der Waals surface area contributed by atoms with Crippen LogP contribution in [0.5, 0.6) is 0 Å². The van der Waals surface area contributed by atoms with Crippen LogP contribution < -0.4 is 10.6 Å². The summed E-state index contributed by atoms with van der Waals surface area (Å²) in [5.74, 6) is -0.145. The minimum absolute atomic E-state index is 0.0547. The van der Waals surface area contributed by atoms with E-state index < -0.39 is 0 Å². The third-order valence-corrected chi connectivity index (χ3v) is 5.57. The second kappa shape index (κ2) is 8.71. The Labute approximate surface area is 161 Å². The Morgan fingerprint density at radius 1 is 1.15 bits per heavy atom. The fourth-order valence-electron chi connectivity index (χ4n) is 4.15. The second-order valence-electron chi connectivity index (χ2n) is 7.77. The van der Waals surface area contributed by atoms with Gasteiger partial charge < -0.3 is 25.2 Å². The van der Waals surface area contributed by atoms with Crippen molar-refractivity contribution in [2.45, 2.75) is 19.3 Å². The summed E-state index contributed by atoms with van der Waals surface area (Å²) in [6.45, 7) is 4.76. The number of hydrogen-bond acceptors (Lipinski definition) is 4. The van der Waals surface area contributed by atoms with E-state index in [0.29, 0.717) is 24.4 Å². The van der Waals surface area contributed by atoms with E-state index in [2.05, 4.69) is 22.6 Å². The van der Waals surface area contributed by atoms with Gasteiger partial charge in [0.2, 0.25) is 0 Å². The fraction of sp³-hybridized carbons (Fsp3) is 0.600. The number of hydrogen-bond donors (Lipinski definition) is 2. The number of urea groups is 1. The second-order valence-corrected chi connectivity index (χ2v) is 7.77. The normalized spacial score (nSPS) is 22.8. The quantitative estimate of drug-likeness (QED) is 0.774. The molecular weight excluding hydrogens is 344 g/mol. The molecule has 3 rings (SSSR count). The van der Waals surface area contributed by atoms with E-state index in [1.807, 2.05) is 4.90 Å². The van der Waals surface area contributed by atoms with Gasteiger partial charge in [-0.15, -0.1) is 0 Å². The number of rotatable bonds is 5. The molecule has 1 atom stereocenters. The molecule has 0 unspecified atom stereocenters. The zero-order valence-electron chi connectivity index (χ0n) is 16.3. The first-order valence-electron chi connectivity index (χ1n) is 9.63. The first-order valence-corrected chi connectivity index (χ1v) is 9.63. The molecule has 0 saturated carbocycles. The Morgan fingerprint density at radius 2 is 1.93 bits per heavy atom. The lowest BCUT2D eigenvalue weighted by molar-refractivity contribution is 0.0937. The van der Waals surface area contributed by atoms with Crippen LogP contribution in [0.2, 0.25) is 0 Å². The minimum atomic E-state index is -0.145. The summed E-state index contributed by atoms with van der Waals surface area (Å²) >= 11 is 0. The van der Waals surface area contributed by atoms with Gasteiger partial charge in [-0.3, -0.25) is 4.79 Å². The van der Waals surface area contributed by atoms with Crippen LogP contribution in [0.1, 0.15) is 29.6 Å². The first kappa shape index (κ1) is 19.6. The van der Waals surface area contributed by atoms with Crippen molar-refractivity contribution in [3.63, 3.8) is 0 Å². The summed E-state index contributed by atoms with van der Waals surface area (Å²) in [5, 5.41) is 5.75. The summed E-state index contributed by atoms with van der Waals surface area (Å²) < 4.78 is 4.92. The minimum Gasteiger partial charge on any atom is -0.383 e. The number of piperidine rings is 1. The van der Waals surface area contributed by atoms with Crippen molar-refractivity contribution >= 4 is 17.6 Å². The van der Waals surface area contributed by atoms with E-state index in [9.17, 15) is 9.59 Å². The predicted molar refractivity (Wildman–Crippen MR) is 105 cm³/mol. The topological polar surface area (TPSA) is 73.9 Å². The molecule has 2 saturated heterocycles. The molecule has 7 heteroatoms. The van der Waals surface area contributed by atoms with Crippen molar-refractivity contribution in [1.82, 2.24) is 15.1 Å². The average Bonchev–Trinajstić information content (AvgIpc) is 3.02. The molecule has 0 aliphatic carbocycles. The highest BCUT2D eigenvalue weighted by Gasteiger charge is 2.41. The molecule has 2 aliphatic rings. The van der Waals surface area contributed by atoms with Gasteiger partial charge in [0.25, 0.3) is 5.91 Å². The predicted octanol–water partition coefficient (Wildman–Crippen LogP) is 2.01. The largest absolute Gasteiger partial charge is 0.383 e. The molecule has 0 radical (unpaired) electrons. The van der Waals surface area contributed by atoms with Gasteiger partial charge >= 0.3 is 6.03 Å². The Kier molecular flexibility index (Phi) is 6.34. The lowest BCUT2D eigenvalue weighted by Crippen LogP contribution is -2.48. The Balaban J connectivity index is 1.54. The van der Waals surface area contributed by atoms with Crippen LogP contribution in [0.4, 0.5) is 10.5 Å². The number of carbonyl (C=O) groups excluding carboxylic acids is 2. The Bertz CT molecular complexity index is 660. The molecule has 0 bridgehead atoms. The van der Waals surface area contributed by atoms with Crippen molar-refractivity contribution in [3.05, 3.63) is 29.8 Å². The summed E-state index contributed by atoms with van der Waals surface area (Å²) in [6.07, 6.45) is 3.43. The Hall–Kier alpha value is -2.12. The smallest absolute Gasteiger partial charge is 0.321 e. The molecule has 2 heterocycles. The number of amides is 3. The molecule has 1 spiro atoms. The maximum atomic E-state index is 12.7. The molecule has 2 N–H and O–H groups in total. The lowest BCUT2D eigenvalue weighted by atomic mass is 9.79. The molecule has 2 fully saturated rings. The number of carbonyl (C=O) groups is 2. The highest BCUT2D eigenvalue weighted by Crippen LogP contribution is 2.38. The van der Waals surface area contributed by atoms with Gasteiger partial charge in [-0.25, -0.2) is 4.79 Å². The summed E-state index contributed by atoms with van der Waals surface area (Å²) in [6, 6.07) is 6.93. The van der Waals surface area contributed by atoms with Gasteiger partial charge in [0, 0.05) is 50.0 Å². The van der Waals surface area contributed by atoms with Crippen molar-refractivity contribution < 1.29 is 14.3 Å². The number of methoxy groups -OCH3 is 1. The van der Waals surface area contributed by atoms with Crippen LogP contribution in [-0.2, 0) is 4.74 Å². The standard InChI is InChI=1S/C20H30N4O3/c1-23-12-9-20(14-23)8-3-11-24(15-20)19(26)22-17-6-4-16(5-7-17)18(25)21-10-13-27-2/h4-7H,3,8-15H2,1-2H3,(H,21,25)(H,22,26)/t20-/m1/s1. The van der Waals surface area contributed by atoms with Gasteiger partial charge in [-0.1, -0.05) is 0 Å². The zero-order valence-corrected chi connectivity index (χ0v) is 16.3. The number of nitrogens with one attached hydrogen (secondary N) is 2. The summed E-state index contributed by atoms with van der Waals surface area (Å²) in [4.78, 5) is 29.0. The van der Waals surface area contributed by atoms with Gasteiger partial charge in [-0.05, 0) is 57.1 Å². The summed E-state index contributed by atoms with van der Waals surface area (Å²) in [7, 11) is 3.75. The van der Waals surface area contributed by atoms with Gasteiger partial charge in [0.15, 0.2) is 0 Å². The highest BCUT2D eigenvalue weighted by atomic mass is 16.5. The van der Waals surface area contributed by atoms with Crippen LogP contribution >= 0.6 is 0 Å². The molecule has 1 aromatic carbocycles. The van der Waals surface area contributed by atoms with Crippen LogP contribution in [0.25, 0.3) is 0 Å². The molecule has 1 aromatic rings. The molecule has 3 amide bonds. The van der Waals surface area contributed by atoms with E-state index in [4.69, 9.17) is 4.74 Å². The number of anilines is 1. The van der Waals surface area contributed by atoms with Gasteiger partial charge in [0.05, 0.1) is 6.61 Å². The Morgan fingerprint density at radius 3 is 2.59 bits per heavy atom. The van der Waals surface area contributed by atoms with Crippen LogP contribution in [0, 0.1) is 5.41 Å². The lowest BCUT2D eigenvalue weighted by Gasteiger charge is -2.40. The van der Waals surface area contributed by atoms with Gasteiger partial charge in [0.1, 0.15) is 0 Å². The molecule has 2 aliphatic heterocycles. The van der Waals surface area contributed by atoms with E-state index in [0.717, 1.165) is 32.6 Å². The zero-order chi connectivity index (χ0) is 19.3. The van der Waals surface area contributed by atoms with E-state index in [1.54, 1.807) is 31.4 Å². The molecule has 7 nitrogen and oxygen atoms in total. The SMILES string of the molecule is COCCNC(=O)c1ccc(NC(=O)N2CCC[C@]3(CCN(C)C3)C2)cc1. The van der Waals surface area contributed by atoms with Crippen LogP contribution in [0.3, 0.4) is 0 Å². The van der Waals surface area contributed by atoms with Gasteiger partial charge in [-0.2, -0.15) is 0 Å². The number of likely N-dealkylation sites (tertiary alicyclic amines) is 2.